The van der Waals surface area contributed by atoms with Crippen LogP contribution in [0.1, 0.15) is 50.4 Å². The van der Waals surface area contributed by atoms with Gasteiger partial charge < -0.3 is 20.1 Å². The average Bonchev–Trinajstić information content (AvgIpc) is 2.58. The third-order valence-corrected chi connectivity index (χ3v) is 3.88. The average molecular weight is 350 g/mol. The molecule has 0 aliphatic rings. The van der Waals surface area contributed by atoms with Gasteiger partial charge in [-0.3, -0.25) is 9.59 Å². The molecule has 0 aliphatic carbocycles. The molecule has 1 aromatic carbocycles. The molecular weight excluding hydrogens is 320 g/mol. The molecule has 1 unspecified atom stereocenters. The zero-order valence-electron chi connectivity index (χ0n) is 15.8. The molecule has 25 heavy (non-hydrogen) atoms. The first-order valence-electron chi connectivity index (χ1n) is 8.67. The fourth-order valence-electron chi connectivity index (χ4n) is 2.47. The lowest BCUT2D eigenvalue weighted by atomic mass is 10.0. The predicted molar refractivity (Wildman–Crippen MR) is 98.2 cm³/mol. The molecule has 6 nitrogen and oxygen atoms in total. The van der Waals surface area contributed by atoms with Gasteiger partial charge in [0.2, 0.25) is 5.91 Å². The zero-order valence-corrected chi connectivity index (χ0v) is 15.8. The summed E-state index contributed by atoms with van der Waals surface area (Å²) in [6, 6.07) is 4.97. The van der Waals surface area contributed by atoms with Crippen LogP contribution < -0.4 is 20.1 Å². The number of carbonyl (C=O) groups is 2. The molecule has 0 spiro atoms. The van der Waals surface area contributed by atoms with Gasteiger partial charge in [-0.25, -0.2) is 0 Å². The highest BCUT2D eigenvalue weighted by Gasteiger charge is 2.13. The summed E-state index contributed by atoms with van der Waals surface area (Å²) in [5.41, 5.74) is 0.412. The SMILES string of the molecule is COc1ccc(C(=O)NCC(=O)NC(C)CCCC(C)C)cc1OC. The third kappa shape index (κ3) is 7.45. The van der Waals surface area contributed by atoms with Crippen molar-refractivity contribution < 1.29 is 19.1 Å². The van der Waals surface area contributed by atoms with Gasteiger partial charge in [-0.2, -0.15) is 0 Å². The van der Waals surface area contributed by atoms with E-state index in [2.05, 4.69) is 24.5 Å². The maximum Gasteiger partial charge on any atom is 0.251 e. The van der Waals surface area contributed by atoms with Crippen LogP contribution in [0.4, 0.5) is 0 Å². The predicted octanol–water partition coefficient (Wildman–Crippen LogP) is 2.76. The smallest absolute Gasteiger partial charge is 0.251 e. The van der Waals surface area contributed by atoms with E-state index in [1.165, 1.54) is 14.2 Å². The topological polar surface area (TPSA) is 76.7 Å². The standard InChI is InChI=1S/C19H30N2O4/c1-13(2)7-6-8-14(3)21-18(22)12-20-19(23)15-9-10-16(24-4)17(11-15)25-5/h9-11,13-14H,6-8,12H2,1-5H3,(H,20,23)(H,21,22). The highest BCUT2D eigenvalue weighted by Crippen LogP contribution is 2.27. The van der Waals surface area contributed by atoms with Crippen LogP contribution in [0.5, 0.6) is 11.5 Å². The van der Waals surface area contributed by atoms with E-state index in [-0.39, 0.29) is 24.4 Å². The van der Waals surface area contributed by atoms with Gasteiger partial charge >= 0.3 is 0 Å². The second-order valence-corrected chi connectivity index (χ2v) is 6.55. The number of ether oxygens (including phenoxy) is 2. The largest absolute Gasteiger partial charge is 0.493 e. The van der Waals surface area contributed by atoms with Crippen LogP contribution in [0.3, 0.4) is 0 Å². The number of carbonyl (C=O) groups excluding carboxylic acids is 2. The molecule has 0 saturated carbocycles. The maximum absolute atomic E-state index is 12.2. The van der Waals surface area contributed by atoms with Gasteiger partial charge in [0.25, 0.3) is 5.91 Å². The van der Waals surface area contributed by atoms with E-state index in [1.54, 1.807) is 18.2 Å². The maximum atomic E-state index is 12.2. The van der Waals surface area contributed by atoms with Gasteiger partial charge in [0.15, 0.2) is 11.5 Å². The Morgan fingerprint density at radius 2 is 1.72 bits per heavy atom. The Morgan fingerprint density at radius 3 is 2.32 bits per heavy atom. The van der Waals surface area contributed by atoms with E-state index in [4.69, 9.17) is 9.47 Å². The van der Waals surface area contributed by atoms with Gasteiger partial charge in [-0.05, 0) is 37.5 Å². The number of hydrogen-bond donors (Lipinski definition) is 2. The van der Waals surface area contributed by atoms with E-state index >= 15 is 0 Å². The second-order valence-electron chi connectivity index (χ2n) is 6.55. The van der Waals surface area contributed by atoms with E-state index in [9.17, 15) is 9.59 Å². The summed E-state index contributed by atoms with van der Waals surface area (Å²) in [6.45, 7) is 6.30. The van der Waals surface area contributed by atoms with Crippen molar-refractivity contribution in [3.8, 4) is 11.5 Å². The third-order valence-electron chi connectivity index (χ3n) is 3.88. The Morgan fingerprint density at radius 1 is 1.04 bits per heavy atom. The molecule has 0 saturated heterocycles. The van der Waals surface area contributed by atoms with Crippen molar-refractivity contribution in [1.82, 2.24) is 10.6 Å². The Balaban J connectivity index is 2.44. The number of hydrogen-bond acceptors (Lipinski definition) is 4. The number of rotatable bonds is 10. The summed E-state index contributed by atoms with van der Waals surface area (Å²) in [7, 11) is 3.04. The van der Waals surface area contributed by atoms with Crippen molar-refractivity contribution in [3.05, 3.63) is 23.8 Å². The van der Waals surface area contributed by atoms with Gasteiger partial charge in [-0.15, -0.1) is 0 Å². The molecule has 0 radical (unpaired) electrons. The number of benzene rings is 1. The van der Waals surface area contributed by atoms with E-state index in [0.29, 0.717) is 23.0 Å². The highest BCUT2D eigenvalue weighted by atomic mass is 16.5. The molecule has 2 N–H and O–H groups in total. The quantitative estimate of drug-likeness (QED) is 0.680. The summed E-state index contributed by atoms with van der Waals surface area (Å²) in [4.78, 5) is 24.1. The lowest BCUT2D eigenvalue weighted by molar-refractivity contribution is -0.120. The monoisotopic (exact) mass is 350 g/mol. The van der Waals surface area contributed by atoms with Gasteiger partial charge in [0.05, 0.1) is 20.8 Å². The van der Waals surface area contributed by atoms with E-state index in [1.807, 2.05) is 6.92 Å². The first-order valence-corrected chi connectivity index (χ1v) is 8.67. The molecule has 140 valence electrons. The summed E-state index contributed by atoms with van der Waals surface area (Å²) < 4.78 is 10.3. The summed E-state index contributed by atoms with van der Waals surface area (Å²) in [5, 5.41) is 5.52. The first-order chi connectivity index (χ1) is 11.9. The molecule has 1 aromatic rings. The van der Waals surface area contributed by atoms with Gasteiger partial charge in [-0.1, -0.05) is 26.7 Å². The van der Waals surface area contributed by atoms with Crippen molar-refractivity contribution in [2.45, 2.75) is 46.1 Å². The Labute approximate surface area is 150 Å². The van der Waals surface area contributed by atoms with Crippen molar-refractivity contribution >= 4 is 11.8 Å². The van der Waals surface area contributed by atoms with Crippen LogP contribution in [-0.4, -0.2) is 38.6 Å². The van der Waals surface area contributed by atoms with Gasteiger partial charge in [0.1, 0.15) is 0 Å². The van der Waals surface area contributed by atoms with Crippen molar-refractivity contribution in [2.75, 3.05) is 20.8 Å². The fraction of sp³-hybridized carbons (Fsp3) is 0.579. The van der Waals surface area contributed by atoms with Crippen LogP contribution in [0, 0.1) is 5.92 Å². The molecule has 0 aromatic heterocycles. The lowest BCUT2D eigenvalue weighted by Crippen LogP contribution is -2.40. The molecule has 2 amide bonds. The van der Waals surface area contributed by atoms with Crippen molar-refractivity contribution in [1.29, 1.82) is 0 Å². The van der Waals surface area contributed by atoms with Crippen molar-refractivity contribution in [3.63, 3.8) is 0 Å². The van der Waals surface area contributed by atoms with Crippen LogP contribution >= 0.6 is 0 Å². The van der Waals surface area contributed by atoms with E-state index < -0.39 is 0 Å². The van der Waals surface area contributed by atoms with Crippen molar-refractivity contribution in [2.24, 2.45) is 5.92 Å². The second kappa shape index (κ2) is 10.6. The Kier molecular flexibility index (Phi) is 8.81. The molecule has 0 aliphatic heterocycles. The van der Waals surface area contributed by atoms with Crippen LogP contribution in [-0.2, 0) is 4.79 Å². The normalized spacial score (nSPS) is 11.8. The molecule has 0 heterocycles. The van der Waals surface area contributed by atoms with Gasteiger partial charge in [0, 0.05) is 11.6 Å². The molecule has 1 rings (SSSR count). The van der Waals surface area contributed by atoms with Crippen LogP contribution in [0.25, 0.3) is 0 Å². The molecular formula is C19H30N2O4. The Hall–Kier alpha value is -2.24. The zero-order chi connectivity index (χ0) is 18.8. The summed E-state index contributed by atoms with van der Waals surface area (Å²) >= 11 is 0. The minimum atomic E-state index is -0.330. The minimum Gasteiger partial charge on any atom is -0.493 e. The van der Waals surface area contributed by atoms with Crippen LogP contribution in [0.15, 0.2) is 18.2 Å². The summed E-state index contributed by atoms with van der Waals surface area (Å²) in [6.07, 6.45) is 3.17. The van der Waals surface area contributed by atoms with Crippen LogP contribution in [0.2, 0.25) is 0 Å². The molecule has 6 heteroatoms. The first kappa shape index (κ1) is 20.8. The fourth-order valence-corrected chi connectivity index (χ4v) is 2.47. The molecule has 0 fully saturated rings. The lowest BCUT2D eigenvalue weighted by Gasteiger charge is -2.15. The Bertz CT molecular complexity index is 573. The summed E-state index contributed by atoms with van der Waals surface area (Å²) in [5.74, 6) is 1.17. The molecule has 1 atom stereocenters. The van der Waals surface area contributed by atoms with E-state index in [0.717, 1.165) is 19.3 Å². The number of nitrogens with one attached hydrogen (secondary N) is 2. The minimum absolute atomic E-state index is 0.0539. The highest BCUT2D eigenvalue weighted by molar-refractivity contribution is 5.97. The number of methoxy groups -OCH3 is 2. The number of amides is 2. The molecule has 0 bridgehead atoms.